The minimum absolute atomic E-state index is 0.0520. The van der Waals surface area contributed by atoms with Crippen LogP contribution in [0, 0.1) is 0 Å². The average Bonchev–Trinajstić information content (AvgIpc) is 2.89. The predicted molar refractivity (Wildman–Crippen MR) is 66.3 cm³/mol. The van der Waals surface area contributed by atoms with E-state index in [0.29, 0.717) is 18.4 Å². The summed E-state index contributed by atoms with van der Waals surface area (Å²) in [6, 6.07) is 1.78. The zero-order valence-electron chi connectivity index (χ0n) is 10.2. The van der Waals surface area contributed by atoms with E-state index in [9.17, 15) is 0 Å². The maximum atomic E-state index is 5.63. The molecule has 0 aliphatic carbocycles. The summed E-state index contributed by atoms with van der Waals surface area (Å²) in [4.78, 5) is 12.2. The second-order valence-corrected chi connectivity index (χ2v) is 3.70. The molecule has 0 spiro atoms. The van der Waals surface area contributed by atoms with Crippen LogP contribution in [0.2, 0.25) is 0 Å². The molecule has 0 saturated heterocycles. The van der Waals surface area contributed by atoms with E-state index in [1.165, 1.54) is 4.68 Å². The van der Waals surface area contributed by atoms with Crippen molar-refractivity contribution in [2.45, 2.75) is 13.0 Å². The highest BCUT2D eigenvalue weighted by Gasteiger charge is 2.07. The van der Waals surface area contributed by atoms with Crippen LogP contribution in [0.4, 0.5) is 11.9 Å². The maximum Gasteiger partial charge on any atom is 0.257 e. The number of hydrogen-bond donors (Lipinski definition) is 2. The molecule has 0 radical (unpaired) electrons. The molecule has 1 atom stereocenters. The van der Waals surface area contributed by atoms with E-state index >= 15 is 0 Å². The Morgan fingerprint density at radius 3 is 2.94 bits per heavy atom. The van der Waals surface area contributed by atoms with Crippen LogP contribution in [-0.4, -0.2) is 44.5 Å². The van der Waals surface area contributed by atoms with Gasteiger partial charge in [-0.2, -0.15) is 20.1 Å². The summed E-state index contributed by atoms with van der Waals surface area (Å²) in [6.07, 6.45) is 3.42. The van der Waals surface area contributed by atoms with E-state index in [2.05, 4.69) is 25.4 Å². The smallest absolute Gasteiger partial charge is 0.257 e. The number of nitrogens with zero attached hydrogens (tertiary/aromatic N) is 5. The lowest BCUT2D eigenvalue weighted by Gasteiger charge is -2.11. The van der Waals surface area contributed by atoms with E-state index < -0.39 is 0 Å². The summed E-state index contributed by atoms with van der Waals surface area (Å²) in [5.41, 5.74) is 5.63. The predicted octanol–water partition coefficient (Wildman–Crippen LogP) is 0.0863. The Morgan fingerprint density at radius 2 is 2.28 bits per heavy atom. The quantitative estimate of drug-likeness (QED) is 0.773. The molecule has 0 aliphatic rings. The van der Waals surface area contributed by atoms with Crippen LogP contribution in [0.1, 0.15) is 6.92 Å². The summed E-state index contributed by atoms with van der Waals surface area (Å²) in [5, 5.41) is 7.07. The van der Waals surface area contributed by atoms with E-state index in [4.69, 9.17) is 10.5 Å². The fraction of sp³-hybridized carbons (Fsp3) is 0.400. The fourth-order valence-electron chi connectivity index (χ4n) is 1.27. The Kier molecular flexibility index (Phi) is 3.68. The number of rotatable bonds is 5. The average molecular weight is 249 g/mol. The van der Waals surface area contributed by atoms with Gasteiger partial charge in [0.1, 0.15) is 0 Å². The molecule has 0 fully saturated rings. The number of nitrogen functional groups attached to an aromatic ring is 1. The van der Waals surface area contributed by atoms with Crippen molar-refractivity contribution >= 4 is 11.9 Å². The first-order valence-corrected chi connectivity index (χ1v) is 5.47. The van der Waals surface area contributed by atoms with Gasteiger partial charge in [-0.3, -0.25) is 0 Å². The second kappa shape index (κ2) is 5.41. The molecular weight excluding hydrogens is 234 g/mol. The van der Waals surface area contributed by atoms with Gasteiger partial charge < -0.3 is 15.8 Å². The van der Waals surface area contributed by atoms with Gasteiger partial charge in [-0.25, -0.2) is 4.68 Å². The number of nitrogens with one attached hydrogen (secondary N) is 1. The van der Waals surface area contributed by atoms with Crippen molar-refractivity contribution in [2.75, 3.05) is 24.7 Å². The molecule has 18 heavy (non-hydrogen) atoms. The van der Waals surface area contributed by atoms with Gasteiger partial charge in [-0.05, 0) is 13.0 Å². The van der Waals surface area contributed by atoms with Gasteiger partial charge in [0.05, 0.1) is 6.10 Å². The zero-order valence-corrected chi connectivity index (χ0v) is 10.2. The number of nitrogens with two attached hydrogens (primary N) is 1. The Hall–Kier alpha value is -2.22. The van der Waals surface area contributed by atoms with Gasteiger partial charge in [0.2, 0.25) is 11.9 Å². The molecule has 1 unspecified atom stereocenters. The normalized spacial score (nSPS) is 12.3. The van der Waals surface area contributed by atoms with Crippen LogP contribution in [0.15, 0.2) is 18.5 Å². The largest absolute Gasteiger partial charge is 0.380 e. The molecule has 8 heteroatoms. The van der Waals surface area contributed by atoms with Gasteiger partial charge in [-0.15, -0.1) is 0 Å². The first-order valence-electron chi connectivity index (χ1n) is 5.47. The monoisotopic (exact) mass is 249 g/mol. The lowest BCUT2D eigenvalue weighted by Crippen LogP contribution is -2.20. The van der Waals surface area contributed by atoms with Gasteiger partial charge in [-0.1, -0.05) is 0 Å². The lowest BCUT2D eigenvalue weighted by molar-refractivity contribution is 0.128. The van der Waals surface area contributed by atoms with Crippen molar-refractivity contribution in [3.05, 3.63) is 18.5 Å². The molecule has 2 heterocycles. The van der Waals surface area contributed by atoms with E-state index in [0.717, 1.165) is 0 Å². The highest BCUT2D eigenvalue weighted by Crippen LogP contribution is 2.06. The fourth-order valence-corrected chi connectivity index (χ4v) is 1.27. The van der Waals surface area contributed by atoms with E-state index in [1.807, 2.05) is 6.92 Å². The summed E-state index contributed by atoms with van der Waals surface area (Å²) in [7, 11) is 1.64. The molecule has 2 aromatic heterocycles. The Morgan fingerprint density at radius 1 is 1.44 bits per heavy atom. The third-order valence-corrected chi connectivity index (χ3v) is 2.30. The number of aromatic nitrogens is 5. The molecule has 2 rings (SSSR count). The standard InChI is InChI=1S/C10H15N7O/c1-7(18-2)6-12-9-14-8(11)15-10(16-9)17-5-3-4-13-17/h3-5,7H,6H2,1-2H3,(H3,11,12,14,15,16). The number of methoxy groups -OCH3 is 1. The Bertz CT molecular complexity index is 499. The van der Waals surface area contributed by atoms with E-state index in [1.54, 1.807) is 25.6 Å². The van der Waals surface area contributed by atoms with Crippen molar-refractivity contribution in [3.8, 4) is 5.95 Å². The second-order valence-electron chi connectivity index (χ2n) is 3.70. The topological polar surface area (TPSA) is 104 Å². The van der Waals surface area contributed by atoms with Crippen LogP contribution < -0.4 is 11.1 Å². The summed E-state index contributed by atoms with van der Waals surface area (Å²) >= 11 is 0. The molecular formula is C10H15N7O. The van der Waals surface area contributed by atoms with Crippen molar-refractivity contribution in [2.24, 2.45) is 0 Å². The van der Waals surface area contributed by atoms with Gasteiger partial charge in [0, 0.05) is 26.0 Å². The number of anilines is 2. The minimum Gasteiger partial charge on any atom is -0.380 e. The van der Waals surface area contributed by atoms with Crippen molar-refractivity contribution in [3.63, 3.8) is 0 Å². The summed E-state index contributed by atoms with van der Waals surface area (Å²) < 4.78 is 6.64. The third-order valence-electron chi connectivity index (χ3n) is 2.30. The summed E-state index contributed by atoms with van der Waals surface area (Å²) in [5.74, 6) is 0.917. The zero-order chi connectivity index (χ0) is 13.0. The van der Waals surface area contributed by atoms with Gasteiger partial charge >= 0.3 is 0 Å². The Balaban J connectivity index is 2.17. The SMILES string of the molecule is COC(C)CNc1nc(N)nc(-n2cccn2)n1. The molecule has 0 saturated carbocycles. The molecule has 3 N–H and O–H groups in total. The first kappa shape index (κ1) is 12.2. The van der Waals surface area contributed by atoms with E-state index in [-0.39, 0.29) is 12.1 Å². The molecule has 96 valence electrons. The minimum atomic E-state index is 0.0520. The van der Waals surface area contributed by atoms with Crippen molar-refractivity contribution in [1.82, 2.24) is 24.7 Å². The van der Waals surface area contributed by atoms with Gasteiger partial charge in [0.15, 0.2) is 0 Å². The molecule has 8 nitrogen and oxygen atoms in total. The molecule has 0 aliphatic heterocycles. The highest BCUT2D eigenvalue weighted by molar-refractivity contribution is 5.34. The van der Waals surface area contributed by atoms with Crippen LogP contribution in [-0.2, 0) is 4.74 Å². The van der Waals surface area contributed by atoms with Crippen LogP contribution in [0.5, 0.6) is 0 Å². The molecule has 0 aromatic carbocycles. The van der Waals surface area contributed by atoms with Crippen LogP contribution in [0.25, 0.3) is 5.95 Å². The Labute approximate surface area is 104 Å². The first-order chi connectivity index (χ1) is 8.69. The lowest BCUT2D eigenvalue weighted by atomic mass is 10.4. The molecule has 0 amide bonds. The highest BCUT2D eigenvalue weighted by atomic mass is 16.5. The summed E-state index contributed by atoms with van der Waals surface area (Å²) in [6.45, 7) is 2.52. The van der Waals surface area contributed by atoms with Crippen molar-refractivity contribution in [1.29, 1.82) is 0 Å². The number of hydrogen-bond acceptors (Lipinski definition) is 7. The van der Waals surface area contributed by atoms with Crippen LogP contribution >= 0.6 is 0 Å². The number of ether oxygens (including phenoxy) is 1. The van der Waals surface area contributed by atoms with Crippen LogP contribution in [0.3, 0.4) is 0 Å². The molecule has 0 bridgehead atoms. The maximum absolute atomic E-state index is 5.63. The van der Waals surface area contributed by atoms with Gasteiger partial charge in [0.25, 0.3) is 5.95 Å². The third kappa shape index (κ3) is 2.92. The molecule has 2 aromatic rings. The van der Waals surface area contributed by atoms with Crippen molar-refractivity contribution < 1.29 is 4.74 Å².